The summed E-state index contributed by atoms with van der Waals surface area (Å²) in [5.74, 6) is -0.198. The minimum absolute atomic E-state index is 0.0104. The molecule has 0 aromatic rings. The van der Waals surface area contributed by atoms with E-state index < -0.39 is 0 Å². The van der Waals surface area contributed by atoms with Crippen molar-refractivity contribution >= 4 is 21.3 Å². The fourth-order valence-electron chi connectivity index (χ4n) is 1.69. The van der Waals surface area contributed by atoms with Crippen molar-refractivity contribution in [2.24, 2.45) is 0 Å². The SMILES string of the molecule is O=C1NC(=O)C2C(CCN2P)N1. The monoisotopic (exact) mass is 187 g/mol. The van der Waals surface area contributed by atoms with Crippen molar-refractivity contribution in [2.75, 3.05) is 6.54 Å². The third kappa shape index (κ3) is 1.09. The van der Waals surface area contributed by atoms with Crippen molar-refractivity contribution < 1.29 is 9.59 Å². The lowest BCUT2D eigenvalue weighted by molar-refractivity contribution is -0.124. The van der Waals surface area contributed by atoms with Gasteiger partial charge >= 0.3 is 6.03 Å². The summed E-state index contributed by atoms with van der Waals surface area (Å²) in [4.78, 5) is 22.1. The maximum Gasteiger partial charge on any atom is 0.321 e. The van der Waals surface area contributed by atoms with Crippen molar-refractivity contribution in [1.82, 2.24) is 15.3 Å². The van der Waals surface area contributed by atoms with Crippen molar-refractivity contribution in [3.8, 4) is 0 Å². The Morgan fingerprint density at radius 1 is 1.50 bits per heavy atom. The van der Waals surface area contributed by atoms with Crippen LogP contribution in [0.4, 0.5) is 4.79 Å². The number of imide groups is 1. The van der Waals surface area contributed by atoms with Crippen LogP contribution >= 0.6 is 9.39 Å². The quantitative estimate of drug-likeness (QED) is 0.481. The molecule has 3 unspecified atom stereocenters. The van der Waals surface area contributed by atoms with Gasteiger partial charge in [-0.1, -0.05) is 9.39 Å². The zero-order valence-corrected chi connectivity index (χ0v) is 7.56. The molecular weight excluding hydrogens is 177 g/mol. The zero-order valence-electron chi connectivity index (χ0n) is 6.41. The maximum absolute atomic E-state index is 11.3. The zero-order chi connectivity index (χ0) is 8.72. The van der Waals surface area contributed by atoms with Crippen LogP contribution < -0.4 is 10.6 Å². The van der Waals surface area contributed by atoms with Gasteiger partial charge in [0.2, 0.25) is 5.91 Å². The van der Waals surface area contributed by atoms with Gasteiger partial charge < -0.3 is 5.32 Å². The highest BCUT2D eigenvalue weighted by molar-refractivity contribution is 7.13. The van der Waals surface area contributed by atoms with E-state index in [-0.39, 0.29) is 24.0 Å². The molecule has 0 bridgehead atoms. The van der Waals surface area contributed by atoms with Gasteiger partial charge in [0, 0.05) is 6.54 Å². The van der Waals surface area contributed by atoms with Crippen LogP contribution in [0.25, 0.3) is 0 Å². The van der Waals surface area contributed by atoms with E-state index in [2.05, 4.69) is 20.0 Å². The Bertz CT molecular complexity index is 245. The van der Waals surface area contributed by atoms with Crippen molar-refractivity contribution in [1.29, 1.82) is 0 Å². The van der Waals surface area contributed by atoms with Gasteiger partial charge in [0.05, 0.1) is 6.04 Å². The molecule has 6 heteroatoms. The molecule has 0 saturated carbocycles. The summed E-state index contributed by atoms with van der Waals surface area (Å²) in [6, 6.07) is -0.585. The first kappa shape index (κ1) is 7.95. The lowest BCUT2D eigenvalue weighted by atomic mass is 10.1. The molecule has 2 N–H and O–H groups in total. The van der Waals surface area contributed by atoms with Crippen LogP contribution in [0.2, 0.25) is 0 Å². The van der Waals surface area contributed by atoms with E-state index in [4.69, 9.17) is 0 Å². The van der Waals surface area contributed by atoms with Crippen molar-refractivity contribution in [3.05, 3.63) is 0 Å². The average molecular weight is 187 g/mol. The van der Waals surface area contributed by atoms with Crippen LogP contribution in [0, 0.1) is 0 Å². The van der Waals surface area contributed by atoms with Gasteiger partial charge in [-0.25, -0.2) is 4.79 Å². The van der Waals surface area contributed by atoms with E-state index in [0.29, 0.717) is 0 Å². The summed E-state index contributed by atoms with van der Waals surface area (Å²) in [6.07, 6.45) is 0.841. The Labute approximate surface area is 72.1 Å². The van der Waals surface area contributed by atoms with E-state index in [1.807, 2.05) is 4.67 Å². The topological polar surface area (TPSA) is 61.4 Å². The van der Waals surface area contributed by atoms with E-state index in [1.165, 1.54) is 0 Å². The third-order valence-corrected chi connectivity index (χ3v) is 2.84. The number of nitrogens with zero attached hydrogens (tertiary/aromatic N) is 1. The molecule has 2 rings (SSSR count). The van der Waals surface area contributed by atoms with Crippen LogP contribution in [0.15, 0.2) is 0 Å². The first-order valence-corrected chi connectivity index (χ1v) is 4.33. The first-order chi connectivity index (χ1) is 5.68. The summed E-state index contributed by atoms with van der Waals surface area (Å²) in [5.41, 5.74) is 0. The number of carbonyl (C=O) groups is 2. The minimum Gasteiger partial charge on any atom is -0.333 e. The van der Waals surface area contributed by atoms with E-state index in [9.17, 15) is 9.59 Å². The van der Waals surface area contributed by atoms with Crippen molar-refractivity contribution in [2.45, 2.75) is 18.5 Å². The first-order valence-electron chi connectivity index (χ1n) is 3.81. The summed E-state index contributed by atoms with van der Waals surface area (Å²) >= 11 is 0. The molecule has 2 fully saturated rings. The van der Waals surface area contributed by atoms with Crippen LogP contribution in [-0.2, 0) is 4.79 Å². The number of hydrogen-bond acceptors (Lipinski definition) is 3. The highest BCUT2D eigenvalue weighted by Crippen LogP contribution is 2.23. The van der Waals surface area contributed by atoms with Crippen molar-refractivity contribution in [3.63, 3.8) is 0 Å². The fourth-order valence-corrected chi connectivity index (χ4v) is 2.18. The molecule has 5 nitrogen and oxygen atoms in total. The Morgan fingerprint density at radius 3 is 3.00 bits per heavy atom. The number of urea groups is 1. The minimum atomic E-state index is -0.374. The molecule has 12 heavy (non-hydrogen) atoms. The Balaban J connectivity index is 2.19. The molecule has 2 saturated heterocycles. The summed E-state index contributed by atoms with van der Waals surface area (Å²) in [6.45, 7) is 0.827. The van der Waals surface area contributed by atoms with Gasteiger partial charge in [0.15, 0.2) is 0 Å². The smallest absolute Gasteiger partial charge is 0.321 e. The second-order valence-corrected chi connectivity index (χ2v) is 3.70. The molecule has 0 aliphatic carbocycles. The Hall–Kier alpha value is -0.670. The Morgan fingerprint density at radius 2 is 2.25 bits per heavy atom. The number of fused-ring (bicyclic) bond motifs is 1. The van der Waals surface area contributed by atoms with Gasteiger partial charge in [-0.15, -0.1) is 0 Å². The molecule has 0 radical (unpaired) electrons. The number of carbonyl (C=O) groups excluding carboxylic acids is 2. The predicted molar refractivity (Wildman–Crippen MR) is 45.3 cm³/mol. The summed E-state index contributed by atoms with van der Waals surface area (Å²) in [7, 11) is 2.50. The van der Waals surface area contributed by atoms with E-state index in [1.54, 1.807) is 0 Å². The second kappa shape index (κ2) is 2.68. The highest BCUT2D eigenvalue weighted by Gasteiger charge is 2.42. The third-order valence-electron chi connectivity index (χ3n) is 2.26. The average Bonchev–Trinajstić information content (AvgIpc) is 2.31. The van der Waals surface area contributed by atoms with Gasteiger partial charge in [0.1, 0.15) is 6.04 Å². The van der Waals surface area contributed by atoms with Gasteiger partial charge in [0.25, 0.3) is 0 Å². The number of rotatable bonds is 0. The predicted octanol–water partition coefficient (Wildman–Crippen LogP) is -0.941. The molecule has 2 aliphatic heterocycles. The normalized spacial score (nSPS) is 35.8. The number of hydrogen-bond donors (Lipinski definition) is 2. The fraction of sp³-hybridized carbons (Fsp3) is 0.667. The molecule has 2 heterocycles. The molecule has 2 aliphatic rings. The molecular formula is C6H10N3O2P. The summed E-state index contributed by atoms with van der Waals surface area (Å²) < 4.78 is 1.87. The molecule has 0 spiro atoms. The standard InChI is InChI=1S/C6H10N3O2P/c10-5-4-3(1-2-9(4)12)7-6(11)8-5/h3-4H,1-2,12H2,(H2,7,8,10,11). The summed E-state index contributed by atoms with van der Waals surface area (Å²) in [5, 5.41) is 4.95. The van der Waals surface area contributed by atoms with Gasteiger partial charge in [-0.3, -0.25) is 14.8 Å². The molecule has 3 atom stereocenters. The molecule has 3 amide bonds. The van der Waals surface area contributed by atoms with E-state index >= 15 is 0 Å². The largest absolute Gasteiger partial charge is 0.333 e. The second-order valence-electron chi connectivity index (χ2n) is 3.04. The maximum atomic E-state index is 11.3. The lowest BCUT2D eigenvalue weighted by Crippen LogP contribution is -2.61. The van der Waals surface area contributed by atoms with Crippen LogP contribution in [0.5, 0.6) is 0 Å². The van der Waals surface area contributed by atoms with E-state index in [0.717, 1.165) is 13.0 Å². The number of nitrogens with one attached hydrogen (secondary N) is 2. The molecule has 0 aromatic carbocycles. The Kier molecular flexibility index (Phi) is 1.77. The van der Waals surface area contributed by atoms with Crippen LogP contribution in [0.3, 0.4) is 0 Å². The molecule has 66 valence electrons. The lowest BCUT2D eigenvalue weighted by Gasteiger charge is -2.28. The van der Waals surface area contributed by atoms with Crippen LogP contribution in [-0.4, -0.2) is 35.2 Å². The number of amides is 3. The van der Waals surface area contributed by atoms with Gasteiger partial charge in [-0.05, 0) is 6.42 Å². The van der Waals surface area contributed by atoms with Crippen LogP contribution in [0.1, 0.15) is 6.42 Å². The highest BCUT2D eigenvalue weighted by atomic mass is 31.0. The van der Waals surface area contributed by atoms with Gasteiger partial charge in [-0.2, -0.15) is 0 Å². The molecule has 0 aromatic heterocycles.